The Morgan fingerprint density at radius 3 is 2.29 bits per heavy atom. The monoisotopic (exact) mass is 195 g/mol. The molecular formula is C10H13NO3. The van der Waals surface area contributed by atoms with E-state index in [1.54, 1.807) is 0 Å². The zero-order chi connectivity index (χ0) is 9.92. The molecule has 0 aromatic heterocycles. The molecule has 14 heavy (non-hydrogen) atoms. The number of likely N-dealkylation sites (tertiary alicyclic amines) is 1. The summed E-state index contributed by atoms with van der Waals surface area (Å²) in [6.07, 6.45) is 3.19. The molecule has 0 spiro atoms. The number of β-amino-alcohol motifs (C(OH)–C–C–N with tert-alkyl or cyclic N) is 1. The van der Waals surface area contributed by atoms with Crippen molar-refractivity contribution in [2.75, 3.05) is 6.54 Å². The Bertz CT molecular complexity index is 301. The number of carbonyl (C=O) groups is 2. The van der Waals surface area contributed by atoms with Crippen LogP contribution in [0.25, 0.3) is 0 Å². The highest BCUT2D eigenvalue weighted by Gasteiger charge is 2.60. The van der Waals surface area contributed by atoms with Crippen molar-refractivity contribution in [2.45, 2.75) is 31.3 Å². The van der Waals surface area contributed by atoms with Gasteiger partial charge in [0.25, 0.3) is 0 Å². The Morgan fingerprint density at radius 1 is 1.29 bits per heavy atom. The molecule has 2 amide bonds. The van der Waals surface area contributed by atoms with Gasteiger partial charge in [0.15, 0.2) is 0 Å². The van der Waals surface area contributed by atoms with E-state index < -0.39 is 5.60 Å². The standard InChI is InChI=1S/C10H13NO3/c12-8-6-4-7(6)9(13)11(8)5-10(14)2-1-3-10/h6-7,14H,1-5H2. The number of hydrogen-bond acceptors (Lipinski definition) is 3. The van der Waals surface area contributed by atoms with Crippen LogP contribution in [0, 0.1) is 11.8 Å². The van der Waals surface area contributed by atoms with Crippen LogP contribution in [0.15, 0.2) is 0 Å². The summed E-state index contributed by atoms with van der Waals surface area (Å²) in [4.78, 5) is 24.4. The number of carbonyl (C=O) groups excluding carboxylic acids is 2. The van der Waals surface area contributed by atoms with E-state index in [0.717, 1.165) is 25.7 Å². The molecule has 1 aliphatic heterocycles. The molecule has 1 heterocycles. The van der Waals surface area contributed by atoms with Gasteiger partial charge in [-0.05, 0) is 25.7 Å². The first-order valence-corrected chi connectivity index (χ1v) is 5.18. The van der Waals surface area contributed by atoms with Gasteiger partial charge in [-0.1, -0.05) is 0 Å². The second kappa shape index (κ2) is 2.37. The molecule has 0 aromatic rings. The number of amides is 2. The lowest BCUT2D eigenvalue weighted by atomic mass is 9.80. The van der Waals surface area contributed by atoms with Crippen LogP contribution in [-0.4, -0.2) is 34.0 Å². The maximum Gasteiger partial charge on any atom is 0.233 e. The fourth-order valence-electron chi connectivity index (χ4n) is 2.44. The summed E-state index contributed by atoms with van der Waals surface area (Å²) in [5.74, 6) is -0.182. The summed E-state index contributed by atoms with van der Waals surface area (Å²) in [5, 5.41) is 9.86. The van der Waals surface area contributed by atoms with E-state index in [0.29, 0.717) is 0 Å². The number of imide groups is 1. The molecule has 2 unspecified atom stereocenters. The van der Waals surface area contributed by atoms with Crippen molar-refractivity contribution in [3.63, 3.8) is 0 Å². The van der Waals surface area contributed by atoms with Crippen molar-refractivity contribution in [2.24, 2.45) is 11.8 Å². The molecule has 1 N–H and O–H groups in total. The lowest BCUT2D eigenvalue weighted by molar-refractivity contribution is -0.148. The fraction of sp³-hybridized carbons (Fsp3) is 0.800. The molecule has 0 radical (unpaired) electrons. The summed E-state index contributed by atoms with van der Waals surface area (Å²) in [5.41, 5.74) is -0.762. The minimum atomic E-state index is -0.762. The molecule has 4 heteroatoms. The van der Waals surface area contributed by atoms with Gasteiger partial charge < -0.3 is 5.11 Å². The lowest BCUT2D eigenvalue weighted by Gasteiger charge is -2.39. The van der Waals surface area contributed by atoms with Gasteiger partial charge in [0.05, 0.1) is 24.0 Å². The number of nitrogens with zero attached hydrogens (tertiary/aromatic N) is 1. The Morgan fingerprint density at radius 2 is 1.86 bits per heavy atom. The van der Waals surface area contributed by atoms with Gasteiger partial charge in [-0.25, -0.2) is 0 Å². The van der Waals surface area contributed by atoms with Gasteiger partial charge >= 0.3 is 0 Å². The van der Waals surface area contributed by atoms with Crippen molar-refractivity contribution >= 4 is 11.8 Å². The predicted molar refractivity (Wildman–Crippen MR) is 47.1 cm³/mol. The SMILES string of the molecule is O=C1C2CC2C(=O)N1CC1(O)CCC1. The minimum Gasteiger partial charge on any atom is -0.388 e. The van der Waals surface area contributed by atoms with E-state index in [9.17, 15) is 14.7 Å². The van der Waals surface area contributed by atoms with E-state index in [-0.39, 0.29) is 30.2 Å². The molecular weight excluding hydrogens is 182 g/mol. The summed E-state index contributed by atoms with van der Waals surface area (Å²) < 4.78 is 0. The molecule has 2 saturated carbocycles. The highest BCUT2D eigenvalue weighted by Crippen LogP contribution is 2.48. The third-order valence-electron chi connectivity index (χ3n) is 3.69. The molecule has 0 aromatic carbocycles. The van der Waals surface area contributed by atoms with Crippen LogP contribution in [0.2, 0.25) is 0 Å². The Hall–Kier alpha value is -0.900. The summed E-state index contributed by atoms with van der Waals surface area (Å²) >= 11 is 0. The predicted octanol–water partition coefficient (Wildman–Crippen LogP) is -0.0937. The van der Waals surface area contributed by atoms with Crippen LogP contribution < -0.4 is 0 Å². The maximum absolute atomic E-state index is 11.6. The van der Waals surface area contributed by atoms with Crippen molar-refractivity contribution in [1.82, 2.24) is 4.90 Å². The number of aliphatic hydroxyl groups is 1. The van der Waals surface area contributed by atoms with Crippen LogP contribution in [0.4, 0.5) is 0 Å². The first-order chi connectivity index (χ1) is 6.61. The third kappa shape index (κ3) is 0.974. The summed E-state index contributed by atoms with van der Waals surface area (Å²) in [6.45, 7) is 0.234. The largest absolute Gasteiger partial charge is 0.388 e. The molecule has 3 aliphatic rings. The summed E-state index contributed by atoms with van der Waals surface area (Å²) in [7, 11) is 0. The van der Waals surface area contributed by atoms with Crippen molar-refractivity contribution in [3.05, 3.63) is 0 Å². The second-order valence-corrected chi connectivity index (χ2v) is 4.79. The first-order valence-electron chi connectivity index (χ1n) is 5.18. The highest BCUT2D eigenvalue weighted by atomic mass is 16.3. The number of rotatable bonds is 2. The Balaban J connectivity index is 1.73. The second-order valence-electron chi connectivity index (χ2n) is 4.79. The van der Waals surface area contributed by atoms with Crippen molar-refractivity contribution < 1.29 is 14.7 Å². The van der Waals surface area contributed by atoms with E-state index >= 15 is 0 Å². The molecule has 3 rings (SSSR count). The zero-order valence-electron chi connectivity index (χ0n) is 7.90. The molecule has 76 valence electrons. The van der Waals surface area contributed by atoms with Crippen LogP contribution in [0.1, 0.15) is 25.7 Å². The van der Waals surface area contributed by atoms with Gasteiger partial charge in [-0.3, -0.25) is 14.5 Å². The van der Waals surface area contributed by atoms with Gasteiger partial charge in [-0.15, -0.1) is 0 Å². The molecule has 3 fully saturated rings. The topological polar surface area (TPSA) is 57.6 Å². The van der Waals surface area contributed by atoms with Crippen LogP contribution >= 0.6 is 0 Å². The van der Waals surface area contributed by atoms with Gasteiger partial charge in [0, 0.05) is 0 Å². The lowest BCUT2D eigenvalue weighted by Crippen LogP contribution is -2.50. The van der Waals surface area contributed by atoms with Crippen molar-refractivity contribution in [1.29, 1.82) is 0 Å². The van der Waals surface area contributed by atoms with E-state index in [1.807, 2.05) is 0 Å². The number of piperidine rings is 1. The Kier molecular flexibility index (Phi) is 1.42. The number of hydrogen-bond donors (Lipinski definition) is 1. The Labute approximate surface area is 81.9 Å². The molecule has 4 nitrogen and oxygen atoms in total. The maximum atomic E-state index is 11.6. The smallest absolute Gasteiger partial charge is 0.233 e. The molecule has 0 bridgehead atoms. The highest BCUT2D eigenvalue weighted by molar-refractivity contribution is 6.08. The van der Waals surface area contributed by atoms with Crippen molar-refractivity contribution in [3.8, 4) is 0 Å². The van der Waals surface area contributed by atoms with Gasteiger partial charge in [0.2, 0.25) is 11.8 Å². The van der Waals surface area contributed by atoms with E-state index in [2.05, 4.69) is 0 Å². The average molecular weight is 195 g/mol. The summed E-state index contributed by atoms with van der Waals surface area (Å²) in [6, 6.07) is 0. The zero-order valence-corrected chi connectivity index (χ0v) is 7.90. The quantitative estimate of drug-likeness (QED) is 0.626. The third-order valence-corrected chi connectivity index (χ3v) is 3.69. The van der Waals surface area contributed by atoms with Crippen LogP contribution in [-0.2, 0) is 9.59 Å². The van der Waals surface area contributed by atoms with E-state index in [1.165, 1.54) is 4.90 Å². The van der Waals surface area contributed by atoms with E-state index in [4.69, 9.17) is 0 Å². The minimum absolute atomic E-state index is 0.0359. The normalized spacial score (nSPS) is 38.2. The van der Waals surface area contributed by atoms with Gasteiger partial charge in [0.1, 0.15) is 0 Å². The fourth-order valence-corrected chi connectivity index (χ4v) is 2.44. The van der Waals surface area contributed by atoms with Crippen LogP contribution in [0.5, 0.6) is 0 Å². The average Bonchev–Trinajstić information content (AvgIpc) is 2.84. The number of fused-ring (bicyclic) bond motifs is 1. The molecule has 1 saturated heterocycles. The van der Waals surface area contributed by atoms with Crippen LogP contribution in [0.3, 0.4) is 0 Å². The molecule has 2 atom stereocenters. The molecule has 2 aliphatic carbocycles. The first kappa shape index (κ1) is 8.41. The van der Waals surface area contributed by atoms with Gasteiger partial charge in [-0.2, -0.15) is 0 Å².